The summed E-state index contributed by atoms with van der Waals surface area (Å²) in [5.74, 6) is 6.48. The fraction of sp³-hybridized carbons (Fsp3) is 0.217. The molecule has 0 amide bonds. The van der Waals surface area contributed by atoms with Crippen LogP contribution in [0.25, 0.3) is 16.6 Å². The van der Waals surface area contributed by atoms with E-state index in [1.807, 2.05) is 36.4 Å². The predicted molar refractivity (Wildman–Crippen MR) is 105 cm³/mol. The third kappa shape index (κ3) is 2.36. The fourth-order valence-corrected chi connectivity index (χ4v) is 3.94. The van der Waals surface area contributed by atoms with Gasteiger partial charge in [0.05, 0.1) is 16.6 Å². The number of aliphatic hydroxyl groups is 1. The summed E-state index contributed by atoms with van der Waals surface area (Å²) >= 11 is 0. The molecule has 4 nitrogen and oxygen atoms in total. The maximum Gasteiger partial charge on any atom is 0.266 e. The van der Waals surface area contributed by atoms with E-state index in [4.69, 9.17) is 0 Å². The van der Waals surface area contributed by atoms with Gasteiger partial charge in [-0.1, -0.05) is 42.3 Å². The van der Waals surface area contributed by atoms with Crippen molar-refractivity contribution in [3.8, 4) is 17.5 Å². The van der Waals surface area contributed by atoms with Crippen LogP contribution in [0.1, 0.15) is 37.1 Å². The molecule has 0 bridgehead atoms. The van der Waals surface area contributed by atoms with E-state index in [0.29, 0.717) is 22.2 Å². The standard InChI is InChI=1S/C23H18N2O2/c26-21-17-10-4-6-12-19(17)24-22-23(27,15-14-16-8-2-1-3-9-16)18-11-5-7-13-20(18)25(21)22/h4-8,10-13,27H,1-3,9H2. The molecule has 0 radical (unpaired) electrons. The van der Waals surface area contributed by atoms with Gasteiger partial charge in [0.25, 0.3) is 5.56 Å². The van der Waals surface area contributed by atoms with Crippen molar-refractivity contribution in [1.82, 2.24) is 9.55 Å². The van der Waals surface area contributed by atoms with Gasteiger partial charge in [0, 0.05) is 5.56 Å². The number of allylic oxidation sites excluding steroid dienone is 2. The number of hydrogen-bond acceptors (Lipinski definition) is 3. The number of hydrogen-bond donors (Lipinski definition) is 1. The average Bonchev–Trinajstić information content (AvgIpc) is 2.97. The summed E-state index contributed by atoms with van der Waals surface area (Å²) in [4.78, 5) is 17.8. The summed E-state index contributed by atoms with van der Waals surface area (Å²) in [6, 6.07) is 14.6. The molecule has 1 N–H and O–H groups in total. The zero-order valence-electron chi connectivity index (χ0n) is 14.8. The molecule has 0 spiro atoms. The minimum atomic E-state index is -1.60. The number of fused-ring (bicyclic) bond motifs is 4. The SMILES string of the molecule is O=c1c2ccccc2nc2n1-c1ccccc1C2(O)C#CC1=CCCCC1. The zero-order chi connectivity index (χ0) is 18.4. The Balaban J connectivity index is 1.80. The maximum atomic E-state index is 13.1. The topological polar surface area (TPSA) is 55.1 Å². The van der Waals surface area contributed by atoms with Crippen LogP contribution in [0.2, 0.25) is 0 Å². The normalized spacial score (nSPS) is 20.4. The summed E-state index contributed by atoms with van der Waals surface area (Å²) < 4.78 is 1.50. The number of rotatable bonds is 0. The van der Waals surface area contributed by atoms with Crippen LogP contribution in [0.3, 0.4) is 0 Å². The molecule has 0 saturated heterocycles. The molecule has 2 aliphatic rings. The Kier molecular flexibility index (Phi) is 3.53. The maximum absolute atomic E-state index is 13.1. The van der Waals surface area contributed by atoms with Gasteiger partial charge in [0.2, 0.25) is 5.60 Å². The molecule has 1 aliphatic carbocycles. The molecule has 27 heavy (non-hydrogen) atoms. The molecule has 4 heteroatoms. The van der Waals surface area contributed by atoms with Crippen LogP contribution >= 0.6 is 0 Å². The van der Waals surface area contributed by atoms with Crippen molar-refractivity contribution in [1.29, 1.82) is 0 Å². The second-order valence-electron chi connectivity index (χ2n) is 7.05. The molecule has 0 fully saturated rings. The summed E-state index contributed by atoms with van der Waals surface area (Å²) in [6.45, 7) is 0. The minimum Gasteiger partial charge on any atom is -0.367 e. The van der Waals surface area contributed by atoms with Crippen molar-refractivity contribution in [3.63, 3.8) is 0 Å². The first kappa shape index (κ1) is 16.0. The van der Waals surface area contributed by atoms with Crippen molar-refractivity contribution in [3.05, 3.63) is 81.9 Å². The van der Waals surface area contributed by atoms with E-state index >= 15 is 0 Å². The zero-order valence-corrected chi connectivity index (χ0v) is 14.8. The summed E-state index contributed by atoms with van der Waals surface area (Å²) in [7, 11) is 0. The average molecular weight is 354 g/mol. The smallest absolute Gasteiger partial charge is 0.266 e. The molecule has 1 unspecified atom stereocenters. The highest BCUT2D eigenvalue weighted by Crippen LogP contribution is 2.39. The molecule has 132 valence electrons. The molecule has 1 aliphatic heterocycles. The van der Waals surface area contributed by atoms with Gasteiger partial charge < -0.3 is 5.11 Å². The minimum absolute atomic E-state index is 0.183. The highest BCUT2D eigenvalue weighted by Gasteiger charge is 2.43. The highest BCUT2D eigenvalue weighted by atomic mass is 16.3. The van der Waals surface area contributed by atoms with Crippen LogP contribution < -0.4 is 5.56 Å². The lowest BCUT2D eigenvalue weighted by Gasteiger charge is -2.17. The molecule has 3 aromatic rings. The molecule has 0 saturated carbocycles. The molecule has 2 heterocycles. The molecular weight excluding hydrogens is 336 g/mol. The van der Waals surface area contributed by atoms with Gasteiger partial charge in [-0.3, -0.25) is 9.36 Å². The van der Waals surface area contributed by atoms with Gasteiger partial charge >= 0.3 is 0 Å². The fourth-order valence-electron chi connectivity index (χ4n) is 3.94. The quantitative estimate of drug-likeness (QED) is 0.629. The van der Waals surface area contributed by atoms with Gasteiger partial charge in [0.15, 0.2) is 5.82 Å². The Labute approximate surface area is 156 Å². The molecule has 2 aromatic carbocycles. The van der Waals surface area contributed by atoms with E-state index in [1.165, 1.54) is 11.0 Å². The lowest BCUT2D eigenvalue weighted by atomic mass is 9.93. The Bertz CT molecular complexity index is 1230. The van der Waals surface area contributed by atoms with E-state index < -0.39 is 5.60 Å². The van der Waals surface area contributed by atoms with Gasteiger partial charge in [-0.2, -0.15) is 0 Å². The van der Waals surface area contributed by atoms with Crippen LogP contribution in [-0.2, 0) is 5.60 Å². The Morgan fingerprint density at radius 1 is 1.07 bits per heavy atom. The summed E-state index contributed by atoms with van der Waals surface area (Å²) in [6.07, 6.45) is 6.40. The Morgan fingerprint density at radius 2 is 1.89 bits per heavy atom. The van der Waals surface area contributed by atoms with Crippen LogP contribution in [-0.4, -0.2) is 14.7 Å². The Morgan fingerprint density at radius 3 is 2.74 bits per heavy atom. The summed E-state index contributed by atoms with van der Waals surface area (Å²) in [5, 5.41) is 12.1. The third-order valence-electron chi connectivity index (χ3n) is 5.33. The van der Waals surface area contributed by atoms with Crippen LogP contribution in [0.15, 0.2) is 65.0 Å². The highest BCUT2D eigenvalue weighted by molar-refractivity contribution is 5.79. The second-order valence-corrected chi connectivity index (χ2v) is 7.05. The number of aromatic nitrogens is 2. The second kappa shape index (κ2) is 5.94. The predicted octanol–water partition coefficient (Wildman–Crippen LogP) is 3.44. The number of nitrogens with zero attached hydrogens (tertiary/aromatic N) is 2. The van der Waals surface area contributed by atoms with Crippen LogP contribution in [0.5, 0.6) is 0 Å². The first-order valence-corrected chi connectivity index (χ1v) is 9.25. The first-order valence-electron chi connectivity index (χ1n) is 9.25. The van der Waals surface area contributed by atoms with Gasteiger partial charge in [-0.25, -0.2) is 4.98 Å². The molecule has 1 atom stereocenters. The van der Waals surface area contributed by atoms with Gasteiger partial charge in [-0.15, -0.1) is 0 Å². The molecule has 5 rings (SSSR count). The van der Waals surface area contributed by atoms with Crippen LogP contribution in [0.4, 0.5) is 0 Å². The first-order chi connectivity index (χ1) is 13.2. The lowest BCUT2D eigenvalue weighted by molar-refractivity contribution is 0.141. The lowest BCUT2D eigenvalue weighted by Crippen LogP contribution is -2.28. The van der Waals surface area contributed by atoms with E-state index in [1.54, 1.807) is 12.1 Å². The van der Waals surface area contributed by atoms with Gasteiger partial charge in [-0.05, 0) is 55.4 Å². The summed E-state index contributed by atoms with van der Waals surface area (Å²) in [5.41, 5.74) is 1.09. The van der Waals surface area contributed by atoms with Crippen molar-refractivity contribution in [2.75, 3.05) is 0 Å². The largest absolute Gasteiger partial charge is 0.367 e. The Hall–Kier alpha value is -3.16. The number of benzene rings is 2. The van der Waals surface area contributed by atoms with Crippen LogP contribution in [0, 0.1) is 11.8 Å². The number of para-hydroxylation sites is 2. The molecule has 1 aromatic heterocycles. The molecular formula is C23H18N2O2. The van der Waals surface area contributed by atoms with Crippen molar-refractivity contribution >= 4 is 10.9 Å². The third-order valence-corrected chi connectivity index (χ3v) is 5.33. The van der Waals surface area contributed by atoms with E-state index in [-0.39, 0.29) is 11.4 Å². The van der Waals surface area contributed by atoms with E-state index in [9.17, 15) is 9.90 Å². The monoisotopic (exact) mass is 354 g/mol. The van der Waals surface area contributed by atoms with Crippen molar-refractivity contribution < 1.29 is 5.11 Å². The van der Waals surface area contributed by atoms with E-state index in [0.717, 1.165) is 24.8 Å². The van der Waals surface area contributed by atoms with Gasteiger partial charge in [0.1, 0.15) is 0 Å². The van der Waals surface area contributed by atoms with Crippen molar-refractivity contribution in [2.45, 2.75) is 31.3 Å². The van der Waals surface area contributed by atoms with Crippen molar-refractivity contribution in [2.24, 2.45) is 0 Å². The van der Waals surface area contributed by atoms with E-state index in [2.05, 4.69) is 22.9 Å².